The molecule has 1 rings (SSSR count). The van der Waals surface area contributed by atoms with Crippen LogP contribution in [0.15, 0.2) is 23.1 Å². The zero-order valence-electron chi connectivity index (χ0n) is 6.50. The number of hydrogen-bond acceptors (Lipinski definition) is 2. The van der Waals surface area contributed by atoms with E-state index in [2.05, 4.69) is 0 Å². The summed E-state index contributed by atoms with van der Waals surface area (Å²) in [6.45, 7) is 0. The fourth-order valence-electron chi connectivity index (χ4n) is 0.811. The van der Waals surface area contributed by atoms with Crippen molar-refractivity contribution in [1.29, 1.82) is 0 Å². The third-order valence-electron chi connectivity index (χ3n) is 1.36. The predicted molar refractivity (Wildman–Crippen MR) is 43.7 cm³/mol. The van der Waals surface area contributed by atoms with Crippen LogP contribution < -0.4 is 0 Å². The largest absolute Gasteiger partial charge is 0.302 e. The molecule has 5 heteroatoms. The van der Waals surface area contributed by atoms with Crippen molar-refractivity contribution >= 4 is 17.1 Å². The Hall–Kier alpha value is -1.10. The van der Waals surface area contributed by atoms with E-state index in [0.717, 1.165) is 12.1 Å². The molecule has 1 atom stereocenters. The van der Waals surface area contributed by atoms with Crippen molar-refractivity contribution in [2.75, 3.05) is 5.75 Å². The molecule has 0 N–H and O–H groups in total. The molecule has 1 unspecified atom stereocenters. The molecule has 13 heavy (non-hydrogen) atoms. The number of halogens is 2. The van der Waals surface area contributed by atoms with Crippen molar-refractivity contribution in [3.05, 3.63) is 29.8 Å². The summed E-state index contributed by atoms with van der Waals surface area (Å²) in [5, 5.41) is 0. The third-order valence-corrected chi connectivity index (χ3v) is 2.62. The number of carbonyl (C=O) groups is 1. The first-order chi connectivity index (χ1) is 6.15. The van der Waals surface area contributed by atoms with Crippen LogP contribution in [0.1, 0.15) is 0 Å². The smallest absolute Gasteiger partial charge is 0.142 e. The molecule has 0 aliphatic heterocycles. The van der Waals surface area contributed by atoms with Crippen molar-refractivity contribution in [2.45, 2.75) is 4.90 Å². The molecule has 0 fully saturated rings. The molecule has 0 aromatic heterocycles. The fraction of sp³-hybridized carbons (Fsp3) is 0.125. The third kappa shape index (κ3) is 2.42. The second-order valence-corrected chi connectivity index (χ2v) is 3.72. The second kappa shape index (κ2) is 4.23. The number of hydrogen-bond donors (Lipinski definition) is 0. The number of carbonyl (C=O) groups excluding carboxylic acids is 1. The molecule has 0 heterocycles. The highest BCUT2D eigenvalue weighted by Crippen LogP contribution is 2.13. The highest BCUT2D eigenvalue weighted by molar-refractivity contribution is 7.85. The van der Waals surface area contributed by atoms with Gasteiger partial charge in [0.2, 0.25) is 0 Å². The Morgan fingerprint density at radius 2 is 2.08 bits per heavy atom. The summed E-state index contributed by atoms with van der Waals surface area (Å²) in [7, 11) is -1.71. The van der Waals surface area contributed by atoms with Gasteiger partial charge in [-0.1, -0.05) is 0 Å². The van der Waals surface area contributed by atoms with Gasteiger partial charge in [0, 0.05) is 6.07 Å². The van der Waals surface area contributed by atoms with Crippen LogP contribution >= 0.6 is 0 Å². The molecule has 1 aromatic carbocycles. The molecule has 2 nitrogen and oxygen atoms in total. The van der Waals surface area contributed by atoms with Crippen molar-refractivity contribution in [3.63, 3.8) is 0 Å². The SMILES string of the molecule is O=CCS(=O)c1ccc(F)cc1F. The van der Waals surface area contributed by atoms with Crippen LogP contribution in [-0.2, 0) is 15.6 Å². The minimum atomic E-state index is -1.71. The number of benzene rings is 1. The second-order valence-electron chi connectivity index (χ2n) is 2.25. The molecular weight excluding hydrogens is 198 g/mol. The summed E-state index contributed by atoms with van der Waals surface area (Å²) in [6.07, 6.45) is 0.429. The summed E-state index contributed by atoms with van der Waals surface area (Å²) in [5.74, 6) is -1.90. The minimum Gasteiger partial charge on any atom is -0.302 e. The minimum absolute atomic E-state index is 0.145. The number of rotatable bonds is 3. The van der Waals surface area contributed by atoms with E-state index in [1.807, 2.05) is 0 Å². The van der Waals surface area contributed by atoms with Crippen LogP contribution in [0.2, 0.25) is 0 Å². The molecule has 0 aliphatic rings. The standard InChI is InChI=1S/C8H6F2O2S/c9-6-1-2-8(7(10)5-6)13(12)4-3-11/h1-3,5H,4H2. The Morgan fingerprint density at radius 1 is 1.38 bits per heavy atom. The molecule has 0 radical (unpaired) electrons. The highest BCUT2D eigenvalue weighted by atomic mass is 32.2. The van der Waals surface area contributed by atoms with Crippen LogP contribution in [-0.4, -0.2) is 16.2 Å². The van der Waals surface area contributed by atoms with E-state index in [1.165, 1.54) is 0 Å². The van der Waals surface area contributed by atoms with Gasteiger partial charge in [0.1, 0.15) is 17.9 Å². The lowest BCUT2D eigenvalue weighted by atomic mass is 10.3. The average Bonchev–Trinajstić information content (AvgIpc) is 2.04. The Labute approximate surface area is 76.0 Å². The van der Waals surface area contributed by atoms with E-state index in [4.69, 9.17) is 0 Å². The fourth-order valence-corrected chi connectivity index (χ4v) is 1.61. The molecular formula is C8H6F2O2S. The first kappa shape index (κ1) is 9.98. The summed E-state index contributed by atoms with van der Waals surface area (Å²) in [5.41, 5.74) is 0. The first-order valence-electron chi connectivity index (χ1n) is 3.42. The average molecular weight is 204 g/mol. The molecule has 1 aromatic rings. The van der Waals surface area contributed by atoms with Crippen LogP contribution in [0.25, 0.3) is 0 Å². The summed E-state index contributed by atoms with van der Waals surface area (Å²) in [6, 6.07) is 2.71. The van der Waals surface area contributed by atoms with E-state index >= 15 is 0 Å². The Kier molecular flexibility index (Phi) is 3.25. The zero-order chi connectivity index (χ0) is 9.84. The molecule has 0 aliphatic carbocycles. The molecule has 0 saturated carbocycles. The molecule has 0 amide bonds. The van der Waals surface area contributed by atoms with Crippen LogP contribution in [0, 0.1) is 11.6 Å². The lowest BCUT2D eigenvalue weighted by Gasteiger charge is -1.99. The van der Waals surface area contributed by atoms with Gasteiger partial charge in [-0.05, 0) is 12.1 Å². The Morgan fingerprint density at radius 3 is 2.62 bits per heavy atom. The summed E-state index contributed by atoms with van der Waals surface area (Å²) in [4.78, 5) is 9.83. The van der Waals surface area contributed by atoms with Gasteiger partial charge in [0.05, 0.1) is 21.4 Å². The van der Waals surface area contributed by atoms with Gasteiger partial charge in [-0.15, -0.1) is 0 Å². The van der Waals surface area contributed by atoms with E-state index in [0.29, 0.717) is 12.4 Å². The van der Waals surface area contributed by atoms with E-state index in [-0.39, 0.29) is 10.6 Å². The Bertz CT molecular complexity index is 352. The highest BCUT2D eigenvalue weighted by Gasteiger charge is 2.09. The summed E-state index contributed by atoms with van der Waals surface area (Å²) < 4.78 is 36.4. The zero-order valence-corrected chi connectivity index (χ0v) is 7.31. The normalized spacial score (nSPS) is 12.5. The maximum atomic E-state index is 12.9. The lowest BCUT2D eigenvalue weighted by Crippen LogP contribution is -2.01. The molecule has 0 bridgehead atoms. The lowest BCUT2D eigenvalue weighted by molar-refractivity contribution is -0.105. The monoisotopic (exact) mass is 204 g/mol. The van der Waals surface area contributed by atoms with E-state index in [1.54, 1.807) is 0 Å². The van der Waals surface area contributed by atoms with Crippen molar-refractivity contribution in [1.82, 2.24) is 0 Å². The van der Waals surface area contributed by atoms with E-state index < -0.39 is 22.4 Å². The van der Waals surface area contributed by atoms with Gasteiger partial charge in [-0.25, -0.2) is 8.78 Å². The maximum absolute atomic E-state index is 12.9. The first-order valence-corrected chi connectivity index (χ1v) is 4.74. The van der Waals surface area contributed by atoms with Crippen LogP contribution in [0.5, 0.6) is 0 Å². The quantitative estimate of drug-likeness (QED) is 0.695. The van der Waals surface area contributed by atoms with Gasteiger partial charge in [0.25, 0.3) is 0 Å². The van der Waals surface area contributed by atoms with Gasteiger partial charge in [-0.2, -0.15) is 0 Å². The van der Waals surface area contributed by atoms with Crippen LogP contribution in [0.3, 0.4) is 0 Å². The van der Waals surface area contributed by atoms with Crippen molar-refractivity contribution in [3.8, 4) is 0 Å². The molecule has 0 saturated heterocycles. The van der Waals surface area contributed by atoms with Crippen molar-refractivity contribution in [2.24, 2.45) is 0 Å². The van der Waals surface area contributed by atoms with E-state index in [9.17, 15) is 17.8 Å². The predicted octanol–water partition coefficient (Wildman–Crippen LogP) is 1.27. The van der Waals surface area contributed by atoms with Crippen molar-refractivity contribution < 1.29 is 17.8 Å². The maximum Gasteiger partial charge on any atom is 0.142 e. The number of aldehydes is 1. The van der Waals surface area contributed by atoms with Crippen LogP contribution in [0.4, 0.5) is 8.78 Å². The molecule has 0 spiro atoms. The summed E-state index contributed by atoms with van der Waals surface area (Å²) >= 11 is 0. The van der Waals surface area contributed by atoms with Gasteiger partial charge < -0.3 is 4.79 Å². The topological polar surface area (TPSA) is 34.1 Å². The van der Waals surface area contributed by atoms with Gasteiger partial charge in [0.15, 0.2) is 0 Å². The Balaban J connectivity index is 3.01. The van der Waals surface area contributed by atoms with Gasteiger partial charge >= 0.3 is 0 Å². The molecule has 70 valence electrons. The van der Waals surface area contributed by atoms with Gasteiger partial charge in [-0.3, -0.25) is 4.21 Å².